The molecule has 0 atom stereocenters. The molecule has 13 aromatic rings. The molecule has 0 saturated heterocycles. The minimum absolute atomic E-state index is 0.0902. The summed E-state index contributed by atoms with van der Waals surface area (Å²) >= 11 is 0. The first-order chi connectivity index (χ1) is 40.1. The second-order valence-electron chi connectivity index (χ2n) is 26.1. The van der Waals surface area contributed by atoms with Gasteiger partial charge in [-0.2, -0.15) is 0 Å². The Kier molecular flexibility index (Phi) is 10.5. The zero-order valence-corrected chi connectivity index (χ0v) is 49.3. The van der Waals surface area contributed by atoms with E-state index in [1.165, 1.54) is 188 Å². The number of hydrogen-bond donors (Lipinski definition) is 0. The van der Waals surface area contributed by atoms with Gasteiger partial charge in [0, 0.05) is 16.2 Å². The highest BCUT2D eigenvalue weighted by Gasteiger charge is 2.40. The molecule has 83 heavy (non-hydrogen) atoms. The Balaban J connectivity index is 0.776. The Hall–Kier alpha value is -9.10. The van der Waals surface area contributed by atoms with Crippen LogP contribution < -0.4 is 0 Å². The van der Waals surface area contributed by atoms with E-state index in [1.807, 2.05) is 0 Å². The monoisotopic (exact) mass is 1060 g/mol. The van der Waals surface area contributed by atoms with E-state index in [0.29, 0.717) is 0 Å². The van der Waals surface area contributed by atoms with Gasteiger partial charge < -0.3 is 0 Å². The van der Waals surface area contributed by atoms with E-state index >= 15 is 0 Å². The lowest BCUT2D eigenvalue weighted by Gasteiger charge is -2.25. The van der Waals surface area contributed by atoms with E-state index < -0.39 is 0 Å². The molecule has 0 N–H and O–H groups in total. The molecule has 0 fully saturated rings. The van der Waals surface area contributed by atoms with Crippen molar-refractivity contribution < 1.29 is 0 Å². The lowest BCUT2D eigenvalue weighted by molar-refractivity contribution is 0.660. The maximum atomic E-state index is 2.54. The third-order valence-electron chi connectivity index (χ3n) is 20.4. The van der Waals surface area contributed by atoms with Crippen LogP contribution >= 0.6 is 0 Å². The van der Waals surface area contributed by atoms with Gasteiger partial charge in [-0.1, -0.05) is 230 Å². The number of rotatable bonds is 5. The van der Waals surface area contributed by atoms with Crippen molar-refractivity contribution in [3.05, 3.63) is 274 Å². The van der Waals surface area contributed by atoms with Crippen molar-refractivity contribution >= 4 is 43.1 Å². The summed E-state index contributed by atoms with van der Waals surface area (Å²) in [6.45, 7) is 23.7. The zero-order chi connectivity index (χ0) is 56.6. The van der Waals surface area contributed by atoms with Crippen LogP contribution in [0.3, 0.4) is 0 Å². The lowest BCUT2D eigenvalue weighted by Crippen LogP contribution is -2.15. The molecule has 0 saturated carbocycles. The first-order valence-corrected chi connectivity index (χ1v) is 29.9. The van der Waals surface area contributed by atoms with Gasteiger partial charge in [0.25, 0.3) is 0 Å². The molecule has 0 aromatic heterocycles. The fourth-order valence-electron chi connectivity index (χ4n) is 16.2. The lowest BCUT2D eigenvalue weighted by atomic mass is 9.78. The van der Waals surface area contributed by atoms with E-state index in [0.717, 1.165) is 0 Å². The summed E-state index contributed by atoms with van der Waals surface area (Å²) in [6.07, 6.45) is 0. The molecule has 0 heteroatoms. The van der Waals surface area contributed by atoms with Gasteiger partial charge in [-0.05, 0) is 246 Å². The van der Waals surface area contributed by atoms with Gasteiger partial charge in [0.05, 0.1) is 0 Å². The third kappa shape index (κ3) is 6.87. The Morgan fingerprint density at radius 3 is 0.855 bits per heavy atom. The highest BCUT2D eigenvalue weighted by Crippen LogP contribution is 2.57. The maximum Gasteiger partial charge on any atom is 0.0159 e. The summed E-state index contributed by atoms with van der Waals surface area (Å²) in [5, 5.41) is 10.6. The number of aryl methyl sites for hydroxylation is 4. The van der Waals surface area contributed by atoms with Crippen molar-refractivity contribution in [2.75, 3.05) is 0 Å². The van der Waals surface area contributed by atoms with E-state index in [-0.39, 0.29) is 16.2 Å². The standard InChI is InChI=1S/C83H66/c1-47-20-16-27-63-73(47)79(51-24-12-11-13-25-51)74-48(2)21-17-28-64(74)77(63)54-34-39-61-59-37-32-52(42-68(59)82(7,8)71(61)44-54)53-33-38-60-62-40-35-55(45-72(62)83(9,10)69(60)43-53)78-65-29-18-22-49(3)75(65)80(76-50(4)23-19-30-66(76)78)56-36-41-58-57-26-14-15-31-67(57)81(5,6)70(58)46-56/h11-46H,1-10H3. The molecule has 3 aliphatic rings. The molecular weight excluding hydrogens is 997 g/mol. The molecule has 13 aromatic carbocycles. The Morgan fingerprint density at radius 2 is 0.482 bits per heavy atom. The molecule has 0 radical (unpaired) electrons. The summed E-state index contributed by atoms with van der Waals surface area (Å²) in [4.78, 5) is 0. The van der Waals surface area contributed by atoms with Crippen LogP contribution in [0.25, 0.3) is 132 Å². The van der Waals surface area contributed by atoms with Gasteiger partial charge in [-0.25, -0.2) is 0 Å². The molecule has 3 aliphatic carbocycles. The first-order valence-electron chi connectivity index (χ1n) is 29.9. The van der Waals surface area contributed by atoms with Gasteiger partial charge >= 0.3 is 0 Å². The first kappa shape index (κ1) is 49.7. The predicted octanol–water partition coefficient (Wildman–Crippen LogP) is 22.8. The van der Waals surface area contributed by atoms with Crippen LogP contribution in [0.5, 0.6) is 0 Å². The van der Waals surface area contributed by atoms with E-state index in [4.69, 9.17) is 0 Å². The second-order valence-corrected chi connectivity index (χ2v) is 26.1. The minimum Gasteiger partial charge on any atom is -0.0622 e. The van der Waals surface area contributed by atoms with Gasteiger partial charge in [0.1, 0.15) is 0 Å². The third-order valence-corrected chi connectivity index (χ3v) is 20.4. The smallest absolute Gasteiger partial charge is 0.0159 e. The average molecular weight is 1060 g/mol. The predicted molar refractivity (Wildman–Crippen MR) is 355 cm³/mol. The molecule has 0 heterocycles. The summed E-state index contributed by atoms with van der Waals surface area (Å²) in [6, 6.07) is 84.1. The Bertz CT molecular complexity index is 4890. The van der Waals surface area contributed by atoms with Gasteiger partial charge in [0.15, 0.2) is 0 Å². The van der Waals surface area contributed by atoms with Crippen molar-refractivity contribution in [2.45, 2.75) is 85.5 Å². The van der Waals surface area contributed by atoms with Crippen molar-refractivity contribution in [3.8, 4) is 89.0 Å². The summed E-state index contributed by atoms with van der Waals surface area (Å²) < 4.78 is 0. The van der Waals surface area contributed by atoms with Crippen LogP contribution in [0.4, 0.5) is 0 Å². The van der Waals surface area contributed by atoms with E-state index in [2.05, 4.69) is 288 Å². The second kappa shape index (κ2) is 17.5. The van der Waals surface area contributed by atoms with Crippen LogP contribution in [0.15, 0.2) is 218 Å². The van der Waals surface area contributed by atoms with Crippen molar-refractivity contribution in [3.63, 3.8) is 0 Å². The van der Waals surface area contributed by atoms with Gasteiger partial charge in [-0.3, -0.25) is 0 Å². The Morgan fingerprint density at radius 1 is 0.205 bits per heavy atom. The summed E-state index contributed by atoms with van der Waals surface area (Å²) in [5.41, 5.74) is 34.0. The topological polar surface area (TPSA) is 0 Å². The van der Waals surface area contributed by atoms with Crippen LogP contribution in [0.2, 0.25) is 0 Å². The normalized spacial score (nSPS) is 14.7. The Labute approximate surface area is 488 Å². The zero-order valence-electron chi connectivity index (χ0n) is 49.3. The fraction of sp³-hybridized carbons (Fsp3) is 0.157. The molecule has 0 spiro atoms. The van der Waals surface area contributed by atoms with Gasteiger partial charge in [0.2, 0.25) is 0 Å². The van der Waals surface area contributed by atoms with Crippen LogP contribution in [-0.2, 0) is 16.2 Å². The van der Waals surface area contributed by atoms with Crippen molar-refractivity contribution in [1.29, 1.82) is 0 Å². The molecule has 398 valence electrons. The molecular formula is C83H66. The van der Waals surface area contributed by atoms with E-state index in [1.54, 1.807) is 0 Å². The van der Waals surface area contributed by atoms with Gasteiger partial charge in [-0.15, -0.1) is 0 Å². The van der Waals surface area contributed by atoms with Crippen molar-refractivity contribution in [1.82, 2.24) is 0 Å². The maximum absolute atomic E-state index is 2.54. The fourth-order valence-corrected chi connectivity index (χ4v) is 16.2. The summed E-state index contributed by atoms with van der Waals surface area (Å²) in [5.74, 6) is 0. The minimum atomic E-state index is -0.226. The number of benzene rings is 13. The molecule has 0 bridgehead atoms. The molecule has 0 amide bonds. The van der Waals surface area contributed by atoms with E-state index in [9.17, 15) is 0 Å². The number of fused-ring (bicyclic) bond motifs is 13. The van der Waals surface area contributed by atoms with Crippen LogP contribution in [-0.4, -0.2) is 0 Å². The SMILES string of the molecule is Cc1cccc2c(-c3ccc4c(c3)C(C)(C)c3cc(-c5ccc6c(c5)C(C)(C)c5cc(-c7c8cccc(C)c8c(-c8ccc9c(c8)C(C)(C)c8ccccc8-9)c8c(C)cccc78)ccc5-6)ccc3-4)c3cccc(C)c3c(-c3ccccc3)c12. The molecule has 0 aliphatic heterocycles. The van der Waals surface area contributed by atoms with Crippen LogP contribution in [0, 0.1) is 27.7 Å². The quantitative estimate of drug-likeness (QED) is 0.151. The van der Waals surface area contributed by atoms with Crippen LogP contribution in [0.1, 0.15) is 97.2 Å². The molecule has 16 rings (SSSR count). The largest absolute Gasteiger partial charge is 0.0622 e. The molecule has 0 unspecified atom stereocenters. The highest BCUT2D eigenvalue weighted by molar-refractivity contribution is 6.25. The van der Waals surface area contributed by atoms with Crippen molar-refractivity contribution in [2.24, 2.45) is 0 Å². The highest BCUT2D eigenvalue weighted by atomic mass is 14.4. The summed E-state index contributed by atoms with van der Waals surface area (Å²) in [7, 11) is 0. The number of hydrogen-bond acceptors (Lipinski definition) is 0. The average Bonchev–Trinajstić information content (AvgIpc) is 2.56. The molecule has 0 nitrogen and oxygen atoms in total.